The quantitative estimate of drug-likeness (QED) is 0.788. The Labute approximate surface area is 98.1 Å². The molecule has 0 aliphatic heterocycles. The predicted octanol–water partition coefficient (Wildman–Crippen LogP) is 4.16. The van der Waals surface area contributed by atoms with Crippen LogP contribution in [0.25, 0.3) is 11.1 Å². The Kier molecular flexibility index (Phi) is 2.84. The number of halogens is 2. The predicted molar refractivity (Wildman–Crippen MR) is 63.2 cm³/mol. The van der Waals surface area contributed by atoms with Gasteiger partial charge in [0, 0.05) is 10.6 Å². The Morgan fingerprint density at radius 1 is 1.12 bits per heavy atom. The highest BCUT2D eigenvalue weighted by Gasteiger charge is 2.10. The van der Waals surface area contributed by atoms with E-state index in [1.807, 2.05) is 0 Å². The van der Waals surface area contributed by atoms with E-state index >= 15 is 0 Å². The SMILES string of the molecule is Cc1c(F)cccc1-c1cc(Cl)ccc1O. The van der Waals surface area contributed by atoms with E-state index in [9.17, 15) is 9.50 Å². The summed E-state index contributed by atoms with van der Waals surface area (Å²) in [4.78, 5) is 0. The van der Waals surface area contributed by atoms with E-state index < -0.39 is 0 Å². The van der Waals surface area contributed by atoms with Gasteiger partial charge in [-0.2, -0.15) is 0 Å². The molecule has 0 unspecified atom stereocenters. The molecule has 0 aromatic heterocycles. The Balaban J connectivity index is 2.67. The first-order valence-electron chi connectivity index (χ1n) is 4.83. The molecule has 1 nitrogen and oxygen atoms in total. The van der Waals surface area contributed by atoms with Gasteiger partial charge in [-0.3, -0.25) is 0 Å². The van der Waals surface area contributed by atoms with Gasteiger partial charge in [-0.05, 0) is 42.3 Å². The molecule has 0 amide bonds. The van der Waals surface area contributed by atoms with Gasteiger partial charge < -0.3 is 5.11 Å². The number of phenolic OH excluding ortho intramolecular Hbond substituents is 1. The van der Waals surface area contributed by atoms with Gasteiger partial charge in [0.15, 0.2) is 0 Å². The second kappa shape index (κ2) is 4.14. The first-order valence-corrected chi connectivity index (χ1v) is 5.21. The summed E-state index contributed by atoms with van der Waals surface area (Å²) in [7, 11) is 0. The third-order valence-electron chi connectivity index (χ3n) is 2.52. The maximum absolute atomic E-state index is 13.4. The minimum Gasteiger partial charge on any atom is -0.507 e. The van der Waals surface area contributed by atoms with Gasteiger partial charge >= 0.3 is 0 Å². The van der Waals surface area contributed by atoms with Gasteiger partial charge in [-0.1, -0.05) is 23.7 Å². The van der Waals surface area contributed by atoms with Crippen LogP contribution in [-0.4, -0.2) is 5.11 Å². The maximum atomic E-state index is 13.4. The lowest BCUT2D eigenvalue weighted by atomic mass is 9.99. The summed E-state index contributed by atoms with van der Waals surface area (Å²) >= 11 is 5.85. The number of hydrogen-bond acceptors (Lipinski definition) is 1. The Hall–Kier alpha value is -1.54. The standard InChI is InChI=1S/C13H10ClFO/c1-8-10(3-2-4-12(8)15)11-7-9(14)5-6-13(11)16/h2-7,16H,1H3. The molecule has 0 radical (unpaired) electrons. The summed E-state index contributed by atoms with van der Waals surface area (Å²) in [6, 6.07) is 9.47. The van der Waals surface area contributed by atoms with Crippen molar-refractivity contribution in [3.8, 4) is 16.9 Å². The molecule has 1 N–H and O–H groups in total. The molecular weight excluding hydrogens is 227 g/mol. The minimum atomic E-state index is -0.295. The largest absolute Gasteiger partial charge is 0.507 e. The normalized spacial score (nSPS) is 10.4. The maximum Gasteiger partial charge on any atom is 0.126 e. The smallest absolute Gasteiger partial charge is 0.126 e. The molecule has 3 heteroatoms. The second-order valence-electron chi connectivity index (χ2n) is 3.57. The highest BCUT2D eigenvalue weighted by molar-refractivity contribution is 6.31. The van der Waals surface area contributed by atoms with Crippen LogP contribution in [0.4, 0.5) is 4.39 Å². The molecule has 0 spiro atoms. The van der Waals surface area contributed by atoms with Gasteiger partial charge in [0.05, 0.1) is 0 Å². The van der Waals surface area contributed by atoms with Gasteiger partial charge in [0.2, 0.25) is 0 Å². The summed E-state index contributed by atoms with van der Waals surface area (Å²) in [5.41, 5.74) is 1.70. The van der Waals surface area contributed by atoms with Crippen LogP contribution in [0.2, 0.25) is 5.02 Å². The molecule has 0 saturated carbocycles. The molecular formula is C13H10ClFO. The summed E-state index contributed by atoms with van der Waals surface area (Å²) < 4.78 is 13.4. The van der Waals surface area contributed by atoms with Crippen LogP contribution in [0.5, 0.6) is 5.75 Å². The number of phenols is 1. The van der Waals surface area contributed by atoms with Crippen molar-refractivity contribution in [2.75, 3.05) is 0 Å². The molecule has 0 heterocycles. The topological polar surface area (TPSA) is 20.2 Å². The molecule has 2 aromatic rings. The van der Waals surface area contributed by atoms with Crippen LogP contribution in [0.15, 0.2) is 36.4 Å². The minimum absolute atomic E-state index is 0.0955. The van der Waals surface area contributed by atoms with Crippen LogP contribution in [0.1, 0.15) is 5.56 Å². The van der Waals surface area contributed by atoms with E-state index in [1.165, 1.54) is 12.1 Å². The first-order chi connectivity index (χ1) is 7.59. The van der Waals surface area contributed by atoms with Crippen molar-refractivity contribution in [3.05, 3.63) is 52.8 Å². The third-order valence-corrected chi connectivity index (χ3v) is 2.75. The highest BCUT2D eigenvalue weighted by Crippen LogP contribution is 2.34. The van der Waals surface area contributed by atoms with Crippen LogP contribution in [0.3, 0.4) is 0 Å². The average molecular weight is 237 g/mol. The van der Waals surface area contributed by atoms with Crippen molar-refractivity contribution in [3.63, 3.8) is 0 Å². The Morgan fingerprint density at radius 2 is 1.88 bits per heavy atom. The van der Waals surface area contributed by atoms with Crippen LogP contribution >= 0.6 is 11.6 Å². The number of rotatable bonds is 1. The molecule has 82 valence electrons. The van der Waals surface area contributed by atoms with E-state index in [-0.39, 0.29) is 11.6 Å². The number of aromatic hydroxyl groups is 1. The van der Waals surface area contributed by atoms with E-state index in [4.69, 9.17) is 11.6 Å². The van der Waals surface area contributed by atoms with E-state index in [2.05, 4.69) is 0 Å². The number of benzene rings is 2. The summed E-state index contributed by atoms with van der Waals surface area (Å²) in [6.07, 6.45) is 0. The monoisotopic (exact) mass is 236 g/mol. The summed E-state index contributed by atoms with van der Waals surface area (Å²) in [5, 5.41) is 10.2. The van der Waals surface area contributed by atoms with Crippen molar-refractivity contribution in [1.82, 2.24) is 0 Å². The average Bonchev–Trinajstić information content (AvgIpc) is 2.26. The fourth-order valence-corrected chi connectivity index (χ4v) is 1.80. The zero-order valence-electron chi connectivity index (χ0n) is 8.67. The molecule has 2 rings (SSSR count). The number of hydrogen-bond donors (Lipinski definition) is 1. The van der Waals surface area contributed by atoms with Crippen LogP contribution in [0, 0.1) is 12.7 Å². The van der Waals surface area contributed by atoms with E-state index in [1.54, 1.807) is 31.2 Å². The molecule has 0 aliphatic carbocycles. The Bertz CT molecular complexity index is 537. The highest BCUT2D eigenvalue weighted by atomic mass is 35.5. The molecule has 16 heavy (non-hydrogen) atoms. The molecule has 0 atom stereocenters. The van der Waals surface area contributed by atoms with Crippen LogP contribution < -0.4 is 0 Å². The molecule has 0 fully saturated rings. The molecule has 0 bridgehead atoms. The fraction of sp³-hybridized carbons (Fsp3) is 0.0769. The first kappa shape index (κ1) is 11.0. The summed E-state index contributed by atoms with van der Waals surface area (Å²) in [5.74, 6) is -0.199. The van der Waals surface area contributed by atoms with Crippen molar-refractivity contribution in [2.45, 2.75) is 6.92 Å². The summed E-state index contributed by atoms with van der Waals surface area (Å²) in [6.45, 7) is 1.67. The van der Waals surface area contributed by atoms with Gasteiger partial charge in [-0.25, -0.2) is 4.39 Å². The van der Waals surface area contributed by atoms with Crippen molar-refractivity contribution in [1.29, 1.82) is 0 Å². The lowest BCUT2D eigenvalue weighted by Crippen LogP contribution is -1.88. The Morgan fingerprint density at radius 3 is 2.62 bits per heavy atom. The van der Waals surface area contributed by atoms with Gasteiger partial charge in [-0.15, -0.1) is 0 Å². The van der Waals surface area contributed by atoms with Crippen molar-refractivity contribution < 1.29 is 9.50 Å². The molecule has 0 aliphatic rings. The van der Waals surface area contributed by atoms with E-state index in [0.29, 0.717) is 21.7 Å². The fourth-order valence-electron chi connectivity index (χ4n) is 1.62. The lowest BCUT2D eigenvalue weighted by molar-refractivity contribution is 0.477. The molecule has 2 aromatic carbocycles. The van der Waals surface area contributed by atoms with Gasteiger partial charge in [0.1, 0.15) is 11.6 Å². The van der Waals surface area contributed by atoms with Gasteiger partial charge in [0.25, 0.3) is 0 Å². The zero-order valence-corrected chi connectivity index (χ0v) is 9.42. The lowest BCUT2D eigenvalue weighted by Gasteiger charge is -2.09. The zero-order chi connectivity index (χ0) is 11.7. The third kappa shape index (κ3) is 1.89. The van der Waals surface area contributed by atoms with Crippen molar-refractivity contribution in [2.24, 2.45) is 0 Å². The van der Waals surface area contributed by atoms with E-state index in [0.717, 1.165) is 0 Å². The molecule has 0 saturated heterocycles. The van der Waals surface area contributed by atoms with Crippen LogP contribution in [-0.2, 0) is 0 Å². The second-order valence-corrected chi connectivity index (χ2v) is 4.01. The van der Waals surface area contributed by atoms with Crippen molar-refractivity contribution >= 4 is 11.6 Å².